The normalized spacial score (nSPS) is 17.7. The van der Waals surface area contributed by atoms with Crippen molar-refractivity contribution in [3.05, 3.63) is 33.2 Å². The lowest BCUT2D eigenvalue weighted by atomic mass is 10.0. The van der Waals surface area contributed by atoms with Gasteiger partial charge in [-0.3, -0.25) is 9.59 Å². The molecule has 198 valence electrons. The Kier molecular flexibility index (Phi) is 10.1. The fraction of sp³-hybridized carbons (Fsp3) is 0.565. The molecule has 1 saturated heterocycles. The quantitative estimate of drug-likeness (QED) is 0.300. The van der Waals surface area contributed by atoms with Gasteiger partial charge >= 0.3 is 5.97 Å². The lowest BCUT2D eigenvalue weighted by Crippen LogP contribution is -2.55. The molecule has 0 unspecified atom stereocenters. The topological polar surface area (TPSA) is 146 Å². The van der Waals surface area contributed by atoms with Gasteiger partial charge in [0.05, 0.1) is 35.0 Å². The van der Waals surface area contributed by atoms with Crippen LogP contribution in [0, 0.1) is 0 Å². The highest BCUT2D eigenvalue weighted by Crippen LogP contribution is 2.33. The van der Waals surface area contributed by atoms with Crippen molar-refractivity contribution in [2.24, 2.45) is 0 Å². The number of hydrogen-bond acceptors (Lipinski definition) is 8. The zero-order valence-corrected chi connectivity index (χ0v) is 22.1. The Morgan fingerprint density at radius 1 is 1.28 bits per heavy atom. The first-order chi connectivity index (χ1) is 17.3. The van der Waals surface area contributed by atoms with E-state index in [4.69, 9.17) is 21.1 Å². The summed E-state index contributed by atoms with van der Waals surface area (Å²) >= 11 is 7.12. The summed E-state index contributed by atoms with van der Waals surface area (Å²) in [5.74, 6) is -1.83. The summed E-state index contributed by atoms with van der Waals surface area (Å²) < 4.78 is 11.1. The summed E-state index contributed by atoms with van der Waals surface area (Å²) in [6, 6.07) is 1.33. The van der Waals surface area contributed by atoms with E-state index in [-0.39, 0.29) is 46.0 Å². The molecule has 13 heteroatoms. The number of nitrogens with zero attached hydrogens (tertiary/aromatic N) is 2. The molecule has 1 aliphatic heterocycles. The predicted molar refractivity (Wildman–Crippen MR) is 137 cm³/mol. The molecule has 11 nitrogen and oxygen atoms in total. The van der Waals surface area contributed by atoms with Crippen LogP contribution in [0.15, 0.2) is 6.07 Å². The summed E-state index contributed by atoms with van der Waals surface area (Å²) in [5, 5.41) is 16.3. The number of hydrogen-bond donors (Lipinski definition) is 4. The molecule has 0 radical (unpaired) electrons. The summed E-state index contributed by atoms with van der Waals surface area (Å²) in [7, 11) is 0. The minimum Gasteiger partial charge on any atom is -0.477 e. The first-order valence-electron chi connectivity index (χ1n) is 11.9. The van der Waals surface area contributed by atoms with Crippen molar-refractivity contribution in [3.63, 3.8) is 0 Å². The minimum atomic E-state index is -1.16. The first kappa shape index (κ1) is 27.9. The number of H-pyrrole nitrogens is 1. The van der Waals surface area contributed by atoms with Gasteiger partial charge in [-0.05, 0) is 32.8 Å². The molecule has 1 fully saturated rings. The largest absolute Gasteiger partial charge is 0.477 e. The van der Waals surface area contributed by atoms with E-state index < -0.39 is 11.9 Å². The fourth-order valence-electron chi connectivity index (χ4n) is 3.97. The van der Waals surface area contributed by atoms with Gasteiger partial charge in [-0.1, -0.05) is 18.5 Å². The van der Waals surface area contributed by atoms with E-state index in [1.807, 2.05) is 25.7 Å². The van der Waals surface area contributed by atoms with Crippen LogP contribution < -0.4 is 15.5 Å². The molecule has 2 amide bonds. The molecule has 3 heterocycles. The molecule has 0 spiro atoms. The van der Waals surface area contributed by atoms with E-state index in [1.54, 1.807) is 6.07 Å². The molecule has 0 bridgehead atoms. The number of halogens is 1. The van der Waals surface area contributed by atoms with Gasteiger partial charge in [-0.25, -0.2) is 9.78 Å². The van der Waals surface area contributed by atoms with Gasteiger partial charge in [0.25, 0.3) is 11.8 Å². The fourth-order valence-corrected chi connectivity index (χ4v) is 5.26. The number of nitrogens with one attached hydrogen (secondary N) is 3. The Morgan fingerprint density at radius 2 is 2.06 bits per heavy atom. The van der Waals surface area contributed by atoms with E-state index in [1.165, 1.54) is 0 Å². The number of ether oxygens (including phenoxy) is 2. The summed E-state index contributed by atoms with van der Waals surface area (Å²) in [6.45, 7) is 8.21. The average Bonchev–Trinajstić information content (AvgIpc) is 3.47. The van der Waals surface area contributed by atoms with E-state index in [0.29, 0.717) is 56.4 Å². The van der Waals surface area contributed by atoms with Gasteiger partial charge in [0, 0.05) is 32.8 Å². The molecule has 2 atom stereocenters. The van der Waals surface area contributed by atoms with Gasteiger partial charge in [0.2, 0.25) is 0 Å². The molecule has 0 aromatic carbocycles. The Morgan fingerprint density at radius 3 is 2.69 bits per heavy atom. The Balaban J connectivity index is 1.71. The third-order valence-corrected chi connectivity index (χ3v) is 7.26. The molecule has 0 saturated carbocycles. The number of carbonyl (C=O) groups excluding carboxylic acids is 2. The van der Waals surface area contributed by atoms with Crippen LogP contribution in [0.3, 0.4) is 0 Å². The number of aromatic amines is 1. The highest BCUT2D eigenvalue weighted by molar-refractivity contribution is 7.18. The molecular weight excluding hydrogens is 510 g/mol. The minimum absolute atomic E-state index is 0.0243. The van der Waals surface area contributed by atoms with Crippen molar-refractivity contribution in [1.82, 2.24) is 20.6 Å². The van der Waals surface area contributed by atoms with Crippen LogP contribution >= 0.6 is 22.9 Å². The van der Waals surface area contributed by atoms with Crippen molar-refractivity contribution in [2.75, 3.05) is 44.4 Å². The van der Waals surface area contributed by atoms with Gasteiger partial charge in [-0.15, -0.1) is 11.3 Å². The van der Waals surface area contributed by atoms with E-state index in [2.05, 4.69) is 20.6 Å². The first-order valence-corrected chi connectivity index (χ1v) is 13.1. The Bertz CT molecular complexity index is 1070. The SMILES string of the molecule is CCOCCNC(=O)c1cc(N2CC[C@@H](NC(=O)c3nc(Cl)c(CC)[nH]3)[C@@H](OCC)C2)sc1C(=O)O. The van der Waals surface area contributed by atoms with Crippen molar-refractivity contribution in [2.45, 2.75) is 45.8 Å². The standard InChI is InChI=1S/C23H32ClN5O6S/c1-4-14-19(24)28-20(26-14)22(31)27-15-7-9-29(12-16(15)35-6-3)17-11-13(18(36-17)23(32)33)21(30)25-8-10-34-5-2/h11,15-16H,4-10,12H2,1-3H3,(H,25,30)(H,26,28)(H,27,31)(H,32,33)/t15-,16+/m1/s1. The number of carbonyl (C=O) groups is 3. The lowest BCUT2D eigenvalue weighted by Gasteiger charge is -2.39. The molecular formula is C23H32ClN5O6S. The third kappa shape index (κ3) is 6.75. The third-order valence-electron chi connectivity index (χ3n) is 5.76. The average molecular weight is 542 g/mol. The zero-order valence-electron chi connectivity index (χ0n) is 20.6. The van der Waals surface area contributed by atoms with Crippen LogP contribution in [0.4, 0.5) is 5.00 Å². The van der Waals surface area contributed by atoms with Crippen molar-refractivity contribution in [1.29, 1.82) is 0 Å². The number of carboxylic acids is 1. The molecule has 3 rings (SSSR count). The monoisotopic (exact) mass is 541 g/mol. The summed E-state index contributed by atoms with van der Waals surface area (Å²) in [6.07, 6.45) is 0.842. The molecule has 1 aliphatic rings. The number of piperidine rings is 1. The number of amides is 2. The van der Waals surface area contributed by atoms with Crippen molar-refractivity contribution >= 4 is 45.7 Å². The van der Waals surface area contributed by atoms with Gasteiger partial charge in [0.1, 0.15) is 4.88 Å². The molecule has 2 aromatic rings. The van der Waals surface area contributed by atoms with E-state index in [9.17, 15) is 19.5 Å². The maximum absolute atomic E-state index is 12.8. The number of rotatable bonds is 12. The second kappa shape index (κ2) is 13.0. The second-order valence-electron chi connectivity index (χ2n) is 8.10. The van der Waals surface area contributed by atoms with Crippen molar-refractivity contribution < 1.29 is 29.0 Å². The number of aryl methyl sites for hydroxylation is 1. The summed E-state index contributed by atoms with van der Waals surface area (Å²) in [5.41, 5.74) is 0.812. The van der Waals surface area contributed by atoms with Crippen molar-refractivity contribution in [3.8, 4) is 0 Å². The smallest absolute Gasteiger partial charge is 0.346 e. The van der Waals surface area contributed by atoms with Gasteiger partial charge in [-0.2, -0.15) is 0 Å². The summed E-state index contributed by atoms with van der Waals surface area (Å²) in [4.78, 5) is 46.2. The molecule has 4 N–H and O–H groups in total. The molecule has 36 heavy (non-hydrogen) atoms. The van der Waals surface area contributed by atoms with E-state index in [0.717, 1.165) is 11.3 Å². The second-order valence-corrected chi connectivity index (χ2v) is 9.49. The molecule has 0 aliphatic carbocycles. The number of thiophene rings is 1. The van der Waals surface area contributed by atoms with Gasteiger partial charge in [0.15, 0.2) is 11.0 Å². The maximum Gasteiger partial charge on any atom is 0.346 e. The zero-order chi connectivity index (χ0) is 26.2. The highest BCUT2D eigenvalue weighted by atomic mass is 35.5. The Hall–Kier alpha value is -2.67. The molecule has 2 aromatic heterocycles. The van der Waals surface area contributed by atoms with Crippen LogP contribution in [-0.4, -0.2) is 84.5 Å². The van der Waals surface area contributed by atoms with Crippen LogP contribution in [0.2, 0.25) is 5.15 Å². The number of imidazole rings is 1. The predicted octanol–water partition coefficient (Wildman–Crippen LogP) is 2.57. The Labute approximate surface area is 218 Å². The number of aromatic nitrogens is 2. The van der Waals surface area contributed by atoms with Crippen LogP contribution in [0.1, 0.15) is 63.5 Å². The maximum atomic E-state index is 12.8. The number of anilines is 1. The number of aromatic carboxylic acids is 1. The highest BCUT2D eigenvalue weighted by Gasteiger charge is 2.34. The van der Waals surface area contributed by atoms with Crippen LogP contribution in [-0.2, 0) is 15.9 Å². The number of carboxylic acid groups (broad SMARTS) is 1. The van der Waals surface area contributed by atoms with Crippen LogP contribution in [0.25, 0.3) is 0 Å². The van der Waals surface area contributed by atoms with E-state index >= 15 is 0 Å². The van der Waals surface area contributed by atoms with Crippen LogP contribution in [0.5, 0.6) is 0 Å². The lowest BCUT2D eigenvalue weighted by molar-refractivity contribution is 0.0273. The van der Waals surface area contributed by atoms with Gasteiger partial charge < -0.3 is 35.1 Å².